The first-order valence-corrected chi connectivity index (χ1v) is 14.5. The van der Waals surface area contributed by atoms with Crippen molar-refractivity contribution in [3.05, 3.63) is 143 Å². The number of ether oxygens (including phenoxy) is 5. The average molecular weight is 637 g/mol. The lowest BCUT2D eigenvalue weighted by molar-refractivity contribution is -0.0636. The van der Waals surface area contributed by atoms with Crippen molar-refractivity contribution in [3.63, 3.8) is 0 Å². The summed E-state index contributed by atoms with van der Waals surface area (Å²) in [5.41, 5.74) is 0.432. The predicted octanol–water partition coefficient (Wildman–Crippen LogP) is 3.64. The fraction of sp³-hybridized carbons (Fsp3) is 0.176. The van der Waals surface area contributed by atoms with E-state index in [1.165, 1.54) is 36.7 Å². The van der Waals surface area contributed by atoms with E-state index in [9.17, 15) is 19.2 Å². The van der Waals surface area contributed by atoms with Crippen molar-refractivity contribution >= 4 is 17.9 Å². The number of hydrogen-bond donors (Lipinski definition) is 0. The van der Waals surface area contributed by atoms with Crippen LogP contribution in [0.3, 0.4) is 0 Å². The van der Waals surface area contributed by atoms with Gasteiger partial charge in [-0.05, 0) is 36.4 Å². The second-order valence-electron chi connectivity index (χ2n) is 10.3. The highest BCUT2D eigenvalue weighted by Crippen LogP contribution is 2.36. The maximum atomic E-state index is 13.6. The molecule has 1 unspecified atom stereocenters. The Kier molecular flexibility index (Phi) is 9.16. The number of esters is 3. The second kappa shape index (κ2) is 13.9. The van der Waals surface area contributed by atoms with Gasteiger partial charge in [0.1, 0.15) is 31.1 Å². The number of rotatable bonds is 10. The first-order chi connectivity index (χ1) is 22.9. The van der Waals surface area contributed by atoms with Gasteiger partial charge in [-0.2, -0.15) is 5.10 Å². The maximum absolute atomic E-state index is 13.6. The molecule has 1 aliphatic rings. The zero-order chi connectivity index (χ0) is 32.8. The standard InChI is InChI=1S/C34H28N4O9/c1-43-26-18-37(28(39)17-25(26)38-21-35-20-36-38)31-30(47-34(42)24-15-9-4-10-16-24)29(46-33(41)23-13-7-3-8-14-23)27(45-31)19-44-32(40)22-11-5-2-6-12-22/h2-18,20-21,27,29-31H,19H2,1H3/t27-,29?,30+,31-/m1/s1. The Morgan fingerprint density at radius 2 is 1.34 bits per heavy atom. The minimum atomic E-state index is -1.38. The van der Waals surface area contributed by atoms with Crippen molar-refractivity contribution in [1.82, 2.24) is 19.3 Å². The van der Waals surface area contributed by atoms with Gasteiger partial charge < -0.3 is 23.7 Å². The largest absolute Gasteiger partial charge is 0.493 e. The Balaban J connectivity index is 1.39. The van der Waals surface area contributed by atoms with Crippen LogP contribution < -0.4 is 10.3 Å². The van der Waals surface area contributed by atoms with Gasteiger partial charge in [0.15, 0.2) is 24.2 Å². The van der Waals surface area contributed by atoms with Crippen molar-refractivity contribution in [3.8, 4) is 11.4 Å². The van der Waals surface area contributed by atoms with E-state index in [1.807, 2.05) is 0 Å². The number of hydrogen-bond acceptors (Lipinski definition) is 11. The molecular formula is C34H28N4O9. The fourth-order valence-corrected chi connectivity index (χ4v) is 5.07. The highest BCUT2D eigenvalue weighted by molar-refractivity contribution is 5.91. The number of nitrogens with zero attached hydrogens (tertiary/aromatic N) is 4. The molecule has 238 valence electrons. The van der Waals surface area contributed by atoms with Crippen LogP contribution in [-0.2, 0) is 18.9 Å². The zero-order valence-electron chi connectivity index (χ0n) is 24.9. The van der Waals surface area contributed by atoms with E-state index in [4.69, 9.17) is 23.7 Å². The minimum absolute atomic E-state index is 0.212. The molecule has 4 atom stereocenters. The number of methoxy groups -OCH3 is 1. The summed E-state index contributed by atoms with van der Waals surface area (Å²) in [6, 6.07) is 25.9. The molecule has 1 fully saturated rings. The van der Waals surface area contributed by atoms with Gasteiger partial charge in [-0.1, -0.05) is 54.6 Å². The topological polar surface area (TPSA) is 150 Å². The lowest BCUT2D eigenvalue weighted by Crippen LogP contribution is -2.42. The molecule has 0 saturated carbocycles. The molecule has 0 amide bonds. The summed E-state index contributed by atoms with van der Waals surface area (Å²) in [6.07, 6.45) is -1.15. The molecule has 0 N–H and O–H groups in total. The summed E-state index contributed by atoms with van der Waals surface area (Å²) in [5.74, 6) is -1.94. The van der Waals surface area contributed by atoms with Crippen molar-refractivity contribution in [2.24, 2.45) is 0 Å². The Labute approximate surface area is 267 Å². The molecule has 1 saturated heterocycles. The van der Waals surface area contributed by atoms with Crippen LogP contribution in [0, 0.1) is 0 Å². The van der Waals surface area contributed by atoms with Gasteiger partial charge in [0.25, 0.3) is 5.56 Å². The van der Waals surface area contributed by atoms with Crippen molar-refractivity contribution in [1.29, 1.82) is 0 Å². The molecule has 0 aliphatic carbocycles. The third-order valence-corrected chi connectivity index (χ3v) is 7.36. The normalized spacial score (nSPS) is 18.7. The molecule has 2 aromatic heterocycles. The average Bonchev–Trinajstić information content (AvgIpc) is 3.77. The Morgan fingerprint density at radius 3 is 1.87 bits per heavy atom. The Bertz CT molecular complexity index is 1900. The highest BCUT2D eigenvalue weighted by atomic mass is 16.7. The van der Waals surface area contributed by atoms with Crippen LogP contribution in [0.25, 0.3) is 5.69 Å². The molecule has 0 bridgehead atoms. The van der Waals surface area contributed by atoms with Crippen molar-refractivity contribution < 1.29 is 38.1 Å². The molecule has 13 heteroatoms. The van der Waals surface area contributed by atoms with E-state index in [1.54, 1.807) is 91.0 Å². The Morgan fingerprint density at radius 1 is 0.787 bits per heavy atom. The smallest absolute Gasteiger partial charge is 0.338 e. The summed E-state index contributed by atoms with van der Waals surface area (Å²) >= 11 is 0. The van der Waals surface area contributed by atoms with E-state index >= 15 is 0 Å². The SMILES string of the molecule is COc1cn([C@@H]2O[C@H](COC(=O)c3ccccc3)C(OC(=O)c3ccccc3)[C@@H]2OC(=O)c2ccccc2)c(=O)cc1-n1cncn1. The number of benzene rings is 3. The molecule has 6 rings (SSSR count). The van der Waals surface area contributed by atoms with Gasteiger partial charge in [0.2, 0.25) is 0 Å². The van der Waals surface area contributed by atoms with Crippen LogP contribution in [-0.4, -0.2) is 69.3 Å². The lowest BCUT2D eigenvalue weighted by atomic mass is 10.1. The second-order valence-corrected chi connectivity index (χ2v) is 10.3. The van der Waals surface area contributed by atoms with Crippen LogP contribution >= 0.6 is 0 Å². The van der Waals surface area contributed by atoms with E-state index in [0.717, 1.165) is 4.57 Å². The fourth-order valence-electron chi connectivity index (χ4n) is 5.07. The molecule has 13 nitrogen and oxygen atoms in total. The van der Waals surface area contributed by atoms with Gasteiger partial charge in [-0.25, -0.2) is 24.0 Å². The summed E-state index contributed by atoms with van der Waals surface area (Å²) < 4.78 is 31.8. The zero-order valence-corrected chi connectivity index (χ0v) is 24.9. The van der Waals surface area contributed by atoms with Crippen LogP contribution in [0.2, 0.25) is 0 Å². The van der Waals surface area contributed by atoms with E-state index in [-0.39, 0.29) is 22.4 Å². The number of aromatic nitrogens is 4. The van der Waals surface area contributed by atoms with E-state index in [2.05, 4.69) is 10.1 Å². The summed E-state index contributed by atoms with van der Waals surface area (Å²) in [6.45, 7) is -0.403. The lowest BCUT2D eigenvalue weighted by Gasteiger charge is -2.25. The van der Waals surface area contributed by atoms with Crippen LogP contribution in [0.4, 0.5) is 0 Å². The molecular weight excluding hydrogens is 608 g/mol. The van der Waals surface area contributed by atoms with E-state index < -0.39 is 54.6 Å². The van der Waals surface area contributed by atoms with Gasteiger partial charge >= 0.3 is 17.9 Å². The van der Waals surface area contributed by atoms with E-state index in [0.29, 0.717) is 5.69 Å². The number of pyridine rings is 1. The minimum Gasteiger partial charge on any atom is -0.493 e. The van der Waals surface area contributed by atoms with Crippen molar-refractivity contribution in [2.45, 2.75) is 24.5 Å². The molecule has 0 radical (unpaired) electrons. The van der Waals surface area contributed by atoms with Gasteiger partial charge in [-0.3, -0.25) is 9.36 Å². The Hall–Kier alpha value is -6.08. The van der Waals surface area contributed by atoms with Gasteiger partial charge in [0, 0.05) is 6.07 Å². The quantitative estimate of drug-likeness (QED) is 0.163. The molecule has 3 heterocycles. The summed E-state index contributed by atoms with van der Waals surface area (Å²) in [7, 11) is 1.41. The number of carbonyl (C=O) groups excluding carboxylic acids is 3. The maximum Gasteiger partial charge on any atom is 0.338 e. The third-order valence-electron chi connectivity index (χ3n) is 7.36. The van der Waals surface area contributed by atoms with Gasteiger partial charge in [-0.15, -0.1) is 0 Å². The van der Waals surface area contributed by atoms with Crippen molar-refractivity contribution in [2.75, 3.05) is 13.7 Å². The third kappa shape index (κ3) is 6.79. The summed E-state index contributed by atoms with van der Waals surface area (Å²) in [5, 5.41) is 4.07. The molecule has 3 aromatic carbocycles. The van der Waals surface area contributed by atoms with Crippen LogP contribution in [0.15, 0.2) is 121 Å². The molecule has 1 aliphatic heterocycles. The molecule has 47 heavy (non-hydrogen) atoms. The first kappa shape index (κ1) is 30.9. The first-order valence-electron chi connectivity index (χ1n) is 14.5. The van der Waals surface area contributed by atoms with Crippen LogP contribution in [0.5, 0.6) is 5.75 Å². The molecule has 0 spiro atoms. The highest BCUT2D eigenvalue weighted by Gasteiger charge is 2.51. The van der Waals surface area contributed by atoms with Gasteiger partial charge in [0.05, 0.1) is 30.0 Å². The molecule has 5 aromatic rings. The summed E-state index contributed by atoms with van der Waals surface area (Å²) in [4.78, 5) is 57.2. The predicted molar refractivity (Wildman–Crippen MR) is 164 cm³/mol. The monoisotopic (exact) mass is 636 g/mol. The number of carbonyl (C=O) groups is 3. The van der Waals surface area contributed by atoms with Crippen LogP contribution in [0.1, 0.15) is 37.3 Å².